The van der Waals surface area contributed by atoms with E-state index in [1.807, 2.05) is 41.0 Å². The molecule has 0 saturated carbocycles. The summed E-state index contributed by atoms with van der Waals surface area (Å²) in [5, 5.41) is 5.63. The molecule has 2 aromatic carbocycles. The average Bonchev–Trinajstić information content (AvgIpc) is 2.76. The molecule has 1 aliphatic heterocycles. The molecule has 0 atom stereocenters. The molecular formula is C23H27F3N4O3. The van der Waals surface area contributed by atoms with Gasteiger partial charge in [-0.1, -0.05) is 25.1 Å². The summed E-state index contributed by atoms with van der Waals surface area (Å²) in [6.45, 7) is 5.04. The molecule has 0 spiro atoms. The molecule has 10 heteroatoms. The molecule has 1 saturated heterocycles. The van der Waals surface area contributed by atoms with Crippen molar-refractivity contribution in [3.8, 4) is 5.75 Å². The maximum atomic E-state index is 12.4. The lowest BCUT2D eigenvalue weighted by atomic mass is 10.1. The zero-order chi connectivity index (χ0) is 23.8. The fraction of sp³-hybridized carbons (Fsp3) is 0.391. The molecule has 2 N–H and O–H groups in total. The predicted molar refractivity (Wildman–Crippen MR) is 119 cm³/mol. The molecule has 2 amide bonds. The molecule has 1 aliphatic rings. The number of nitrogens with zero attached hydrogens (tertiary/aromatic N) is 2. The van der Waals surface area contributed by atoms with E-state index in [9.17, 15) is 22.8 Å². The summed E-state index contributed by atoms with van der Waals surface area (Å²) in [6.07, 6.45) is -3.92. The van der Waals surface area contributed by atoms with Gasteiger partial charge in [0.1, 0.15) is 5.75 Å². The highest BCUT2D eigenvalue weighted by Gasteiger charge is 2.31. The van der Waals surface area contributed by atoms with Gasteiger partial charge in [0.05, 0.1) is 13.1 Å². The number of para-hydroxylation sites is 1. The Morgan fingerprint density at radius 1 is 0.879 bits per heavy atom. The number of carbonyl (C=O) groups excluding carboxylic acids is 2. The van der Waals surface area contributed by atoms with Crippen LogP contribution in [-0.2, 0) is 16.0 Å². The number of hydrogen-bond acceptors (Lipinski definition) is 5. The number of ether oxygens (including phenoxy) is 1. The largest absolute Gasteiger partial charge is 0.573 e. The van der Waals surface area contributed by atoms with Crippen molar-refractivity contribution in [1.82, 2.24) is 9.80 Å². The lowest BCUT2D eigenvalue weighted by molar-refractivity contribution is -0.274. The van der Waals surface area contributed by atoms with E-state index in [1.165, 1.54) is 12.1 Å². The van der Waals surface area contributed by atoms with Gasteiger partial charge in [0.15, 0.2) is 0 Å². The van der Waals surface area contributed by atoms with Gasteiger partial charge in [-0.25, -0.2) is 0 Å². The molecule has 0 unspecified atom stereocenters. The Labute approximate surface area is 190 Å². The number of aryl methyl sites for hydroxylation is 1. The van der Waals surface area contributed by atoms with E-state index in [0.717, 1.165) is 29.8 Å². The van der Waals surface area contributed by atoms with Crippen LogP contribution in [0.5, 0.6) is 5.75 Å². The Balaban J connectivity index is 1.39. The lowest BCUT2D eigenvalue weighted by Crippen LogP contribution is -2.50. The van der Waals surface area contributed by atoms with E-state index in [4.69, 9.17) is 0 Å². The molecule has 3 rings (SSSR count). The Kier molecular flexibility index (Phi) is 8.29. The van der Waals surface area contributed by atoms with Gasteiger partial charge >= 0.3 is 6.36 Å². The summed E-state index contributed by atoms with van der Waals surface area (Å²) in [5.41, 5.74) is 2.31. The first-order valence-electron chi connectivity index (χ1n) is 10.7. The Morgan fingerprint density at radius 2 is 1.42 bits per heavy atom. The molecule has 0 aliphatic carbocycles. The maximum Gasteiger partial charge on any atom is 0.573 e. The first-order valence-corrected chi connectivity index (χ1v) is 10.7. The molecule has 1 heterocycles. The monoisotopic (exact) mass is 464 g/mol. The average molecular weight is 464 g/mol. The van der Waals surface area contributed by atoms with E-state index < -0.39 is 6.36 Å². The van der Waals surface area contributed by atoms with Gasteiger partial charge in [-0.15, -0.1) is 13.2 Å². The highest BCUT2D eigenvalue weighted by Crippen LogP contribution is 2.24. The number of alkyl halides is 3. The maximum absolute atomic E-state index is 12.4. The SMILES string of the molecule is CCc1ccccc1NC(=O)CN1CCN(CC(=O)Nc2ccc(OC(F)(F)F)cc2)CC1. The molecule has 178 valence electrons. The number of piperazine rings is 1. The van der Waals surface area contributed by atoms with Crippen molar-refractivity contribution in [2.45, 2.75) is 19.7 Å². The minimum absolute atomic E-state index is 0.0694. The second kappa shape index (κ2) is 11.2. The zero-order valence-electron chi connectivity index (χ0n) is 18.3. The molecule has 0 aromatic heterocycles. The van der Waals surface area contributed by atoms with Crippen molar-refractivity contribution in [1.29, 1.82) is 0 Å². The van der Waals surface area contributed by atoms with Gasteiger partial charge in [-0.2, -0.15) is 0 Å². The van der Waals surface area contributed by atoms with Crippen LogP contribution in [0, 0.1) is 0 Å². The van der Waals surface area contributed by atoms with Crippen LogP contribution in [0.1, 0.15) is 12.5 Å². The van der Waals surface area contributed by atoms with Gasteiger partial charge in [0.25, 0.3) is 0 Å². The molecule has 2 aromatic rings. The van der Waals surface area contributed by atoms with E-state index in [1.54, 1.807) is 0 Å². The molecule has 7 nitrogen and oxygen atoms in total. The van der Waals surface area contributed by atoms with Crippen molar-refractivity contribution in [3.05, 3.63) is 54.1 Å². The van der Waals surface area contributed by atoms with Crippen LogP contribution in [-0.4, -0.2) is 67.2 Å². The molecule has 33 heavy (non-hydrogen) atoms. The van der Waals surface area contributed by atoms with E-state index >= 15 is 0 Å². The summed E-state index contributed by atoms with van der Waals surface area (Å²) >= 11 is 0. The number of carbonyl (C=O) groups is 2. The van der Waals surface area contributed by atoms with E-state index in [-0.39, 0.29) is 30.7 Å². The number of rotatable bonds is 8. The Morgan fingerprint density at radius 3 is 1.97 bits per heavy atom. The van der Waals surface area contributed by atoms with Crippen LogP contribution in [0.3, 0.4) is 0 Å². The minimum Gasteiger partial charge on any atom is -0.406 e. The van der Waals surface area contributed by atoms with Crippen LogP contribution >= 0.6 is 0 Å². The fourth-order valence-electron chi connectivity index (χ4n) is 3.59. The minimum atomic E-state index is -4.76. The van der Waals surface area contributed by atoms with Crippen molar-refractivity contribution >= 4 is 23.2 Å². The van der Waals surface area contributed by atoms with Crippen molar-refractivity contribution in [2.75, 3.05) is 49.9 Å². The van der Waals surface area contributed by atoms with Crippen LogP contribution in [0.4, 0.5) is 24.5 Å². The number of benzene rings is 2. The highest BCUT2D eigenvalue weighted by molar-refractivity contribution is 5.93. The van der Waals surface area contributed by atoms with Gasteiger partial charge in [0.2, 0.25) is 11.8 Å². The number of nitrogens with one attached hydrogen (secondary N) is 2. The van der Waals surface area contributed by atoms with Crippen molar-refractivity contribution in [3.63, 3.8) is 0 Å². The summed E-state index contributed by atoms with van der Waals surface area (Å²) < 4.78 is 40.5. The fourth-order valence-corrected chi connectivity index (χ4v) is 3.59. The van der Waals surface area contributed by atoms with Crippen LogP contribution in [0.2, 0.25) is 0 Å². The van der Waals surface area contributed by atoms with Crippen molar-refractivity contribution < 1.29 is 27.5 Å². The third-order valence-corrected chi connectivity index (χ3v) is 5.24. The normalized spacial score (nSPS) is 15.2. The number of amides is 2. The van der Waals surface area contributed by atoms with Crippen LogP contribution in [0.25, 0.3) is 0 Å². The predicted octanol–water partition coefficient (Wildman–Crippen LogP) is 3.34. The number of hydrogen-bond donors (Lipinski definition) is 2. The second-order valence-corrected chi connectivity index (χ2v) is 7.73. The molecule has 0 radical (unpaired) electrons. The second-order valence-electron chi connectivity index (χ2n) is 7.73. The molecule has 1 fully saturated rings. The molecular weight excluding hydrogens is 437 g/mol. The number of anilines is 2. The quantitative estimate of drug-likeness (QED) is 0.627. The first kappa shape index (κ1) is 24.5. The standard InChI is InChI=1S/C23H27F3N4O3/c1-2-17-5-3-4-6-20(17)28-22(32)16-30-13-11-29(12-14-30)15-21(31)27-18-7-9-19(10-8-18)33-23(24,25)26/h3-10H,2,11-16H2,1H3,(H,27,31)(H,28,32). The van der Waals surface area contributed by atoms with E-state index in [0.29, 0.717) is 31.9 Å². The van der Waals surface area contributed by atoms with Crippen molar-refractivity contribution in [2.24, 2.45) is 0 Å². The third-order valence-electron chi connectivity index (χ3n) is 5.24. The summed E-state index contributed by atoms with van der Waals surface area (Å²) in [4.78, 5) is 28.7. The van der Waals surface area contributed by atoms with Gasteiger partial charge < -0.3 is 15.4 Å². The van der Waals surface area contributed by atoms with Gasteiger partial charge in [-0.3, -0.25) is 19.4 Å². The summed E-state index contributed by atoms with van der Waals surface area (Å²) in [6, 6.07) is 12.7. The highest BCUT2D eigenvalue weighted by atomic mass is 19.4. The zero-order valence-corrected chi connectivity index (χ0v) is 18.3. The van der Waals surface area contributed by atoms with Gasteiger partial charge in [0, 0.05) is 37.6 Å². The smallest absolute Gasteiger partial charge is 0.406 e. The number of halogens is 3. The van der Waals surface area contributed by atoms with Gasteiger partial charge in [-0.05, 0) is 42.3 Å². The van der Waals surface area contributed by atoms with E-state index in [2.05, 4.69) is 15.4 Å². The first-order chi connectivity index (χ1) is 15.7. The topological polar surface area (TPSA) is 73.9 Å². The summed E-state index contributed by atoms with van der Waals surface area (Å²) in [7, 11) is 0. The Bertz CT molecular complexity index is 943. The lowest BCUT2D eigenvalue weighted by Gasteiger charge is -2.33. The Hall–Kier alpha value is -3.11. The summed E-state index contributed by atoms with van der Waals surface area (Å²) in [5.74, 6) is -0.680. The molecule has 0 bridgehead atoms. The third kappa shape index (κ3) is 8.07. The van der Waals surface area contributed by atoms with Crippen LogP contribution in [0.15, 0.2) is 48.5 Å². The van der Waals surface area contributed by atoms with Crippen LogP contribution < -0.4 is 15.4 Å².